The lowest BCUT2D eigenvalue weighted by Crippen LogP contribution is -2.22. The highest BCUT2D eigenvalue weighted by Crippen LogP contribution is 2.31. The van der Waals surface area contributed by atoms with Crippen LogP contribution in [0.2, 0.25) is 0 Å². The topological polar surface area (TPSA) is 70.2 Å². The molecule has 0 aliphatic heterocycles. The van der Waals surface area contributed by atoms with Crippen LogP contribution in [0.3, 0.4) is 0 Å². The van der Waals surface area contributed by atoms with Gasteiger partial charge in [-0.05, 0) is 48.9 Å². The maximum absolute atomic E-state index is 12.5. The second kappa shape index (κ2) is 7.72. The average molecular weight is 373 g/mol. The van der Waals surface area contributed by atoms with Crippen LogP contribution in [0, 0.1) is 12.8 Å². The Labute approximate surface area is 164 Å². The zero-order chi connectivity index (χ0) is 19.5. The zero-order valence-electron chi connectivity index (χ0n) is 15.8. The van der Waals surface area contributed by atoms with Crippen molar-refractivity contribution in [2.45, 2.75) is 19.8 Å². The van der Waals surface area contributed by atoms with Crippen molar-refractivity contribution >= 4 is 39.6 Å². The van der Waals surface area contributed by atoms with Crippen molar-refractivity contribution in [2.75, 3.05) is 22.5 Å². The van der Waals surface area contributed by atoms with E-state index in [-0.39, 0.29) is 24.3 Å². The second-order valence-electron chi connectivity index (χ2n) is 7.17. The molecule has 4 rings (SSSR count). The van der Waals surface area contributed by atoms with Crippen LogP contribution in [0.15, 0.2) is 60.7 Å². The summed E-state index contributed by atoms with van der Waals surface area (Å²) < 4.78 is 0. The van der Waals surface area contributed by atoms with Crippen molar-refractivity contribution in [3.8, 4) is 0 Å². The minimum absolute atomic E-state index is 0.0777. The fourth-order valence-electron chi connectivity index (χ4n) is 3.25. The molecule has 142 valence electrons. The molecule has 2 amide bonds. The summed E-state index contributed by atoms with van der Waals surface area (Å²) in [6.07, 6.45) is 1.94. The van der Waals surface area contributed by atoms with Gasteiger partial charge in [0.2, 0.25) is 11.8 Å². The highest BCUT2D eigenvalue weighted by molar-refractivity contribution is 6.03. The van der Waals surface area contributed by atoms with Gasteiger partial charge in [-0.2, -0.15) is 0 Å². The summed E-state index contributed by atoms with van der Waals surface area (Å²) in [7, 11) is 0. The molecule has 1 saturated carbocycles. The van der Waals surface area contributed by atoms with Crippen LogP contribution in [0.1, 0.15) is 18.4 Å². The van der Waals surface area contributed by atoms with Gasteiger partial charge in [-0.25, -0.2) is 0 Å². The molecule has 0 radical (unpaired) electrons. The lowest BCUT2D eigenvalue weighted by molar-refractivity contribution is -0.117. The summed E-state index contributed by atoms with van der Waals surface area (Å²) in [5.74, 6) is 0.111. The van der Waals surface area contributed by atoms with E-state index < -0.39 is 0 Å². The molecule has 0 atom stereocenters. The Bertz CT molecular complexity index is 1040. The van der Waals surface area contributed by atoms with E-state index in [4.69, 9.17) is 0 Å². The highest BCUT2D eigenvalue weighted by atomic mass is 16.2. The molecule has 1 aliphatic carbocycles. The third kappa shape index (κ3) is 3.98. The maximum Gasteiger partial charge on any atom is 0.243 e. The summed E-state index contributed by atoms with van der Waals surface area (Å²) in [6, 6.07) is 19.5. The molecular weight excluding hydrogens is 350 g/mol. The third-order valence-corrected chi connectivity index (χ3v) is 5.04. The van der Waals surface area contributed by atoms with Gasteiger partial charge in [0.25, 0.3) is 0 Å². The molecule has 0 heterocycles. The number of nitrogens with one attached hydrogen (secondary N) is 3. The first-order valence-electron chi connectivity index (χ1n) is 9.54. The Balaban J connectivity index is 1.41. The standard InChI is InChI=1S/C23H23N3O2/c1-15-19(9-5-10-20(15)26-23(28)17-12-13-17)24-14-22(27)25-21-11-4-7-16-6-2-3-8-18(16)21/h2-11,17,24H,12-14H2,1H3,(H,25,27)(H,26,28). The average Bonchev–Trinajstić information content (AvgIpc) is 3.54. The van der Waals surface area contributed by atoms with E-state index in [1.165, 1.54) is 0 Å². The van der Waals surface area contributed by atoms with E-state index in [1.54, 1.807) is 0 Å². The van der Waals surface area contributed by atoms with Crippen molar-refractivity contribution in [1.29, 1.82) is 0 Å². The molecule has 28 heavy (non-hydrogen) atoms. The summed E-state index contributed by atoms with van der Waals surface area (Å²) in [5, 5.41) is 11.2. The molecule has 3 N–H and O–H groups in total. The van der Waals surface area contributed by atoms with Gasteiger partial charge in [-0.1, -0.05) is 42.5 Å². The van der Waals surface area contributed by atoms with Crippen molar-refractivity contribution in [3.63, 3.8) is 0 Å². The lowest BCUT2D eigenvalue weighted by Gasteiger charge is -2.14. The predicted octanol–water partition coefficient (Wildman–Crippen LogP) is 4.55. The Hall–Kier alpha value is -3.34. The molecule has 0 bridgehead atoms. The molecule has 5 heteroatoms. The summed E-state index contributed by atoms with van der Waals surface area (Å²) in [4.78, 5) is 24.5. The molecule has 5 nitrogen and oxygen atoms in total. The fourth-order valence-corrected chi connectivity index (χ4v) is 3.25. The summed E-state index contributed by atoms with van der Waals surface area (Å²) >= 11 is 0. The van der Waals surface area contributed by atoms with Gasteiger partial charge in [0, 0.05) is 28.4 Å². The summed E-state index contributed by atoms with van der Waals surface area (Å²) in [6.45, 7) is 2.08. The van der Waals surface area contributed by atoms with E-state index in [1.807, 2.05) is 67.6 Å². The fraction of sp³-hybridized carbons (Fsp3) is 0.217. The number of fused-ring (bicyclic) bond motifs is 1. The minimum atomic E-state index is -0.122. The Morgan fingerprint density at radius 2 is 1.54 bits per heavy atom. The molecule has 1 aliphatic rings. The van der Waals surface area contributed by atoms with Gasteiger partial charge in [-0.3, -0.25) is 9.59 Å². The normalized spacial score (nSPS) is 13.2. The highest BCUT2D eigenvalue weighted by Gasteiger charge is 2.29. The molecule has 3 aromatic rings. The largest absolute Gasteiger partial charge is 0.376 e. The van der Waals surface area contributed by atoms with Crippen LogP contribution >= 0.6 is 0 Å². The van der Waals surface area contributed by atoms with Crippen molar-refractivity contribution in [2.24, 2.45) is 5.92 Å². The maximum atomic E-state index is 12.5. The number of amides is 2. The number of hydrogen-bond acceptors (Lipinski definition) is 3. The first-order valence-corrected chi connectivity index (χ1v) is 9.54. The van der Waals surface area contributed by atoms with Crippen molar-refractivity contribution in [3.05, 3.63) is 66.2 Å². The molecule has 1 fully saturated rings. The van der Waals surface area contributed by atoms with E-state index in [2.05, 4.69) is 16.0 Å². The van der Waals surface area contributed by atoms with Gasteiger partial charge in [-0.15, -0.1) is 0 Å². The minimum Gasteiger partial charge on any atom is -0.376 e. The molecule has 0 spiro atoms. The Morgan fingerprint density at radius 1 is 0.857 bits per heavy atom. The monoisotopic (exact) mass is 373 g/mol. The van der Waals surface area contributed by atoms with Crippen molar-refractivity contribution < 1.29 is 9.59 Å². The lowest BCUT2D eigenvalue weighted by atomic mass is 10.1. The number of hydrogen-bond donors (Lipinski definition) is 3. The van der Waals surface area contributed by atoms with E-state index in [9.17, 15) is 9.59 Å². The quantitative estimate of drug-likeness (QED) is 0.594. The van der Waals surface area contributed by atoms with Gasteiger partial charge in [0.15, 0.2) is 0 Å². The molecule has 0 unspecified atom stereocenters. The van der Waals surface area contributed by atoms with Crippen LogP contribution in [-0.4, -0.2) is 18.4 Å². The van der Waals surface area contributed by atoms with Crippen LogP contribution in [0.25, 0.3) is 10.8 Å². The smallest absolute Gasteiger partial charge is 0.243 e. The number of anilines is 3. The van der Waals surface area contributed by atoms with Gasteiger partial charge in [0.1, 0.15) is 0 Å². The molecule has 0 aromatic heterocycles. The molecule has 0 saturated heterocycles. The predicted molar refractivity (Wildman–Crippen MR) is 114 cm³/mol. The number of rotatable bonds is 6. The summed E-state index contributed by atoms with van der Waals surface area (Å²) in [5.41, 5.74) is 3.35. The van der Waals surface area contributed by atoms with E-state index in [0.717, 1.165) is 46.2 Å². The molecular formula is C23H23N3O2. The third-order valence-electron chi connectivity index (χ3n) is 5.04. The first-order chi connectivity index (χ1) is 13.6. The van der Waals surface area contributed by atoms with Gasteiger partial charge >= 0.3 is 0 Å². The van der Waals surface area contributed by atoms with Crippen LogP contribution in [-0.2, 0) is 9.59 Å². The Morgan fingerprint density at radius 3 is 2.36 bits per heavy atom. The Kier molecular flexibility index (Phi) is 4.98. The van der Waals surface area contributed by atoms with E-state index >= 15 is 0 Å². The van der Waals surface area contributed by atoms with Crippen LogP contribution < -0.4 is 16.0 Å². The number of benzene rings is 3. The van der Waals surface area contributed by atoms with Gasteiger partial charge < -0.3 is 16.0 Å². The first kappa shape index (κ1) is 18.0. The van der Waals surface area contributed by atoms with Gasteiger partial charge in [0.05, 0.1) is 6.54 Å². The number of carbonyl (C=O) groups is 2. The SMILES string of the molecule is Cc1c(NCC(=O)Nc2cccc3ccccc23)cccc1NC(=O)C1CC1. The van der Waals surface area contributed by atoms with Crippen LogP contribution in [0.5, 0.6) is 0 Å². The second-order valence-corrected chi connectivity index (χ2v) is 7.17. The zero-order valence-corrected chi connectivity index (χ0v) is 15.8. The number of carbonyl (C=O) groups excluding carboxylic acids is 2. The molecule has 3 aromatic carbocycles. The van der Waals surface area contributed by atoms with Crippen LogP contribution in [0.4, 0.5) is 17.1 Å². The van der Waals surface area contributed by atoms with E-state index in [0.29, 0.717) is 0 Å². The van der Waals surface area contributed by atoms with Crippen molar-refractivity contribution in [1.82, 2.24) is 0 Å².